The predicted molar refractivity (Wildman–Crippen MR) is 51.6 cm³/mol. The fourth-order valence-corrected chi connectivity index (χ4v) is 1.27. The molecule has 0 fully saturated rings. The van der Waals surface area contributed by atoms with Crippen molar-refractivity contribution in [1.82, 2.24) is 5.32 Å². The summed E-state index contributed by atoms with van der Waals surface area (Å²) in [6.07, 6.45) is -4.96. The molecule has 1 N–H and O–H groups in total. The Bertz CT molecular complexity index is 253. The van der Waals surface area contributed by atoms with Crippen LogP contribution in [0.4, 0.5) is 13.2 Å². The maximum absolute atomic E-state index is 11.9. The lowest BCUT2D eigenvalue weighted by atomic mass is 10.0. The van der Waals surface area contributed by atoms with E-state index in [1.165, 1.54) is 0 Å². The second-order valence-corrected chi connectivity index (χ2v) is 3.85. The van der Waals surface area contributed by atoms with Gasteiger partial charge in [0.25, 0.3) is 0 Å². The molecule has 0 bridgehead atoms. The highest BCUT2D eigenvalue weighted by atomic mass is 79.9. The van der Waals surface area contributed by atoms with Crippen LogP contribution in [0.25, 0.3) is 0 Å². The van der Waals surface area contributed by atoms with Gasteiger partial charge in [0.1, 0.15) is 0 Å². The third-order valence-corrected chi connectivity index (χ3v) is 2.24. The smallest absolute Gasteiger partial charge is 0.338 e. The maximum atomic E-state index is 11.9. The molecule has 0 aromatic carbocycles. The van der Waals surface area contributed by atoms with Gasteiger partial charge in [0, 0.05) is 0 Å². The average Bonchev–Trinajstić information content (AvgIpc) is 2.10. The van der Waals surface area contributed by atoms with Crippen LogP contribution < -0.4 is 5.32 Å². The first-order chi connectivity index (χ1) is 6.70. The monoisotopic (exact) mass is 289 g/mol. The molecule has 0 heterocycles. The molecule has 1 amide bonds. The van der Waals surface area contributed by atoms with Crippen molar-refractivity contribution in [3.63, 3.8) is 0 Å². The van der Waals surface area contributed by atoms with Gasteiger partial charge >= 0.3 is 12.1 Å². The lowest BCUT2D eigenvalue weighted by Gasteiger charge is -2.20. The Morgan fingerprint density at radius 3 is 2.07 bits per heavy atom. The zero-order valence-corrected chi connectivity index (χ0v) is 9.78. The molecule has 0 rings (SSSR count). The van der Waals surface area contributed by atoms with Crippen molar-refractivity contribution >= 4 is 27.6 Å². The second-order valence-electron chi connectivity index (χ2n) is 3.29. The first kappa shape index (κ1) is 14.4. The van der Waals surface area contributed by atoms with E-state index < -0.39 is 23.9 Å². The highest BCUT2D eigenvalue weighted by molar-refractivity contribution is 9.09. The number of amides is 1. The van der Waals surface area contributed by atoms with Crippen molar-refractivity contribution in [1.29, 1.82) is 0 Å². The summed E-state index contributed by atoms with van der Waals surface area (Å²) in [4.78, 5) is 21.8. The van der Waals surface area contributed by atoms with Crippen molar-refractivity contribution in [2.24, 2.45) is 5.92 Å². The number of nitrogens with one attached hydrogen (secondary N) is 1. The van der Waals surface area contributed by atoms with Gasteiger partial charge in [-0.15, -0.1) is 0 Å². The molecule has 1 atom stereocenters. The summed E-state index contributed by atoms with van der Waals surface area (Å²) >= 11 is 2.84. The quantitative estimate of drug-likeness (QED) is 0.800. The lowest BCUT2D eigenvalue weighted by Crippen LogP contribution is -2.49. The Hall–Kier alpha value is -0.590. The van der Waals surface area contributed by atoms with Crippen LogP contribution in [0.3, 0.4) is 0 Å². The third-order valence-electron chi connectivity index (χ3n) is 1.69. The lowest BCUT2D eigenvalue weighted by molar-refractivity contribution is -0.175. The Kier molecular flexibility index (Phi) is 5.27. The van der Waals surface area contributed by atoms with Crippen LogP contribution in [0.5, 0.6) is 0 Å². The van der Waals surface area contributed by atoms with Crippen molar-refractivity contribution in [3.05, 3.63) is 0 Å². The van der Waals surface area contributed by atoms with Gasteiger partial charge in [0.05, 0.1) is 11.4 Å². The van der Waals surface area contributed by atoms with Gasteiger partial charge in [-0.2, -0.15) is 13.2 Å². The summed E-state index contributed by atoms with van der Waals surface area (Å²) in [5, 5.41) is 1.57. The summed E-state index contributed by atoms with van der Waals surface area (Å²) in [6.45, 7) is 3.11. The van der Waals surface area contributed by atoms with Gasteiger partial charge in [-0.05, 0) is 5.92 Å². The van der Waals surface area contributed by atoms with Gasteiger partial charge in [0.2, 0.25) is 0 Å². The van der Waals surface area contributed by atoms with Gasteiger partial charge in [0.15, 0.2) is 5.78 Å². The zero-order chi connectivity index (χ0) is 12.2. The molecular weight excluding hydrogens is 279 g/mol. The van der Waals surface area contributed by atoms with Crippen molar-refractivity contribution in [3.8, 4) is 0 Å². The molecule has 0 aromatic rings. The van der Waals surface area contributed by atoms with E-state index >= 15 is 0 Å². The molecule has 15 heavy (non-hydrogen) atoms. The van der Waals surface area contributed by atoms with Crippen LogP contribution in [-0.2, 0) is 9.59 Å². The van der Waals surface area contributed by atoms with E-state index in [0.29, 0.717) is 0 Å². The minimum absolute atomic E-state index is 0.0893. The normalized spacial score (nSPS) is 13.8. The topological polar surface area (TPSA) is 46.2 Å². The van der Waals surface area contributed by atoms with Gasteiger partial charge < -0.3 is 5.32 Å². The highest BCUT2D eigenvalue weighted by Gasteiger charge is 2.41. The number of carbonyl (C=O) groups excluding carboxylic acids is 2. The van der Waals surface area contributed by atoms with E-state index in [0.717, 1.165) is 0 Å². The van der Waals surface area contributed by atoms with Crippen molar-refractivity contribution in [2.45, 2.75) is 26.1 Å². The SMILES string of the molecule is CC(C)C(NC(=O)C(F)(F)F)C(=O)CBr. The Morgan fingerprint density at radius 2 is 1.80 bits per heavy atom. The highest BCUT2D eigenvalue weighted by Crippen LogP contribution is 2.16. The molecule has 7 heteroatoms. The van der Waals surface area contributed by atoms with Crippen LogP contribution in [0.2, 0.25) is 0 Å². The number of ketones is 1. The van der Waals surface area contributed by atoms with Crippen LogP contribution in [-0.4, -0.2) is 29.2 Å². The van der Waals surface area contributed by atoms with Crippen LogP contribution in [0, 0.1) is 5.92 Å². The fourth-order valence-electron chi connectivity index (χ4n) is 0.925. The second kappa shape index (κ2) is 5.48. The summed E-state index contributed by atoms with van der Waals surface area (Å²) < 4.78 is 35.7. The number of rotatable bonds is 4. The molecule has 0 aliphatic heterocycles. The number of hydrogen-bond donors (Lipinski definition) is 1. The summed E-state index contributed by atoms with van der Waals surface area (Å²) in [6, 6.07) is -1.11. The molecule has 3 nitrogen and oxygen atoms in total. The van der Waals surface area contributed by atoms with Crippen LogP contribution >= 0.6 is 15.9 Å². The molecule has 0 spiro atoms. The molecule has 0 aliphatic carbocycles. The first-order valence-electron chi connectivity index (χ1n) is 4.16. The number of alkyl halides is 4. The number of Topliss-reactive ketones (excluding diaryl/α,β-unsaturated/α-hetero) is 1. The van der Waals surface area contributed by atoms with E-state index in [1.54, 1.807) is 19.2 Å². The average molecular weight is 290 g/mol. The third kappa shape index (κ3) is 4.63. The largest absolute Gasteiger partial charge is 0.471 e. The summed E-state index contributed by atoms with van der Waals surface area (Å²) in [5.41, 5.74) is 0. The van der Waals surface area contributed by atoms with E-state index in [1.807, 2.05) is 0 Å². The molecular formula is C8H11BrF3NO2. The summed E-state index contributed by atoms with van der Waals surface area (Å²) in [5.74, 6) is -2.96. The van der Waals surface area contributed by atoms with E-state index in [2.05, 4.69) is 15.9 Å². The number of carbonyl (C=O) groups is 2. The van der Waals surface area contributed by atoms with Crippen molar-refractivity contribution < 1.29 is 22.8 Å². The number of hydrogen-bond acceptors (Lipinski definition) is 2. The Balaban J connectivity index is 4.57. The molecule has 0 aromatic heterocycles. The fraction of sp³-hybridized carbons (Fsp3) is 0.750. The summed E-state index contributed by atoms with van der Waals surface area (Å²) in [7, 11) is 0. The molecule has 0 saturated carbocycles. The maximum Gasteiger partial charge on any atom is 0.471 e. The minimum Gasteiger partial charge on any atom is -0.338 e. The molecule has 0 saturated heterocycles. The Morgan fingerprint density at radius 1 is 1.33 bits per heavy atom. The van der Waals surface area contributed by atoms with Crippen LogP contribution in [0.1, 0.15) is 13.8 Å². The Labute approximate surface area is 93.5 Å². The van der Waals surface area contributed by atoms with Gasteiger partial charge in [-0.1, -0.05) is 29.8 Å². The standard InChI is InChI=1S/C8H11BrF3NO2/c1-4(2)6(5(14)3-9)13-7(15)8(10,11)12/h4,6H,3H2,1-2H3,(H,13,15). The van der Waals surface area contributed by atoms with Gasteiger partial charge in [-0.25, -0.2) is 0 Å². The molecule has 0 aliphatic rings. The van der Waals surface area contributed by atoms with Gasteiger partial charge in [-0.3, -0.25) is 9.59 Å². The first-order valence-corrected chi connectivity index (χ1v) is 5.28. The van der Waals surface area contributed by atoms with Crippen LogP contribution in [0.15, 0.2) is 0 Å². The molecule has 0 radical (unpaired) electrons. The minimum atomic E-state index is -4.96. The predicted octanol–water partition coefficient (Wildman–Crippen LogP) is 1.65. The van der Waals surface area contributed by atoms with Crippen molar-refractivity contribution in [2.75, 3.05) is 5.33 Å². The molecule has 88 valence electrons. The zero-order valence-electron chi connectivity index (χ0n) is 8.19. The van der Waals surface area contributed by atoms with E-state index in [4.69, 9.17) is 0 Å². The molecule has 1 unspecified atom stereocenters. The number of halogens is 4. The van der Waals surface area contributed by atoms with E-state index in [9.17, 15) is 22.8 Å². The van der Waals surface area contributed by atoms with E-state index in [-0.39, 0.29) is 11.2 Å².